The summed E-state index contributed by atoms with van der Waals surface area (Å²) in [5.41, 5.74) is 8.32. The third-order valence-electron chi connectivity index (χ3n) is 9.77. The number of hydrogen-bond acceptors (Lipinski definition) is 2. The van der Waals surface area contributed by atoms with Crippen molar-refractivity contribution >= 4 is 43.1 Å². The molecule has 1 heterocycles. The molecule has 0 radical (unpaired) electrons. The largest absolute Gasteiger partial charge is 0.657 e. The minimum atomic E-state index is 0.836. The minimum absolute atomic E-state index is 0.836. The van der Waals surface area contributed by atoms with E-state index < -0.39 is 0 Å². The fourth-order valence-electron chi connectivity index (χ4n) is 7.53. The van der Waals surface area contributed by atoms with E-state index in [0.29, 0.717) is 0 Å². The number of aromatic nitrogens is 1. The monoisotopic (exact) mass is 630 g/mol. The van der Waals surface area contributed by atoms with Gasteiger partial charge in [-0.15, -0.1) is 11.4 Å². The quantitative estimate of drug-likeness (QED) is 0.183. The molecule has 0 unspecified atom stereocenters. The van der Waals surface area contributed by atoms with Crippen molar-refractivity contribution in [3.8, 4) is 56.3 Å². The van der Waals surface area contributed by atoms with E-state index in [9.17, 15) is 0 Å². The molecule has 9 rings (SSSR count). The van der Waals surface area contributed by atoms with Crippen LogP contribution in [0.3, 0.4) is 0 Å². The van der Waals surface area contributed by atoms with Gasteiger partial charge in [0.15, 0.2) is 0 Å². The van der Waals surface area contributed by atoms with Gasteiger partial charge in [0.05, 0.1) is 14.2 Å². The highest BCUT2D eigenvalue weighted by atomic mass is 16.5. The van der Waals surface area contributed by atoms with Crippen molar-refractivity contribution in [3.05, 3.63) is 158 Å². The number of nitrogens with zero attached hydrogens (tertiary/aromatic N) is 1. The number of rotatable bonds is 6. The van der Waals surface area contributed by atoms with Crippen LogP contribution in [0.15, 0.2) is 158 Å². The van der Waals surface area contributed by atoms with Crippen molar-refractivity contribution in [3.63, 3.8) is 0 Å². The molecule has 9 aromatic rings. The van der Waals surface area contributed by atoms with E-state index in [2.05, 4.69) is 158 Å². The molecule has 0 amide bonds. The summed E-state index contributed by atoms with van der Waals surface area (Å²) in [4.78, 5) is 5.43. The molecule has 0 aliphatic heterocycles. The van der Waals surface area contributed by atoms with Gasteiger partial charge in [0, 0.05) is 11.1 Å². The van der Waals surface area contributed by atoms with Gasteiger partial charge in [0.2, 0.25) is 0 Å². The van der Waals surface area contributed by atoms with Gasteiger partial charge in [0.25, 0.3) is 0 Å². The molecule has 1 aromatic heterocycles. The highest BCUT2D eigenvalue weighted by Gasteiger charge is 2.20. The van der Waals surface area contributed by atoms with Gasteiger partial charge in [-0.3, -0.25) is 0 Å². The first kappa shape index (κ1) is 28.9. The molecule has 0 atom stereocenters. The smallest absolute Gasteiger partial charge is 0.127 e. The molecule has 0 aliphatic carbocycles. The zero-order valence-electron chi connectivity index (χ0n) is 27.3. The standard InChI is InChI=1S/C46H32NO2/c1-48-41-27-21-31-13-5-9-17-35(31)45(41)43-33-15-7-3-11-29(33)19-23-37(43)39-25-26-40(47-39)38-24-20-30-12-4-8-16-34(30)44(38)46-36-18-10-6-14-32(36)22-28-42(46)49-2/h3-28H,1-2H3/q-1. The highest BCUT2D eigenvalue weighted by Crippen LogP contribution is 2.48. The Kier molecular flexibility index (Phi) is 6.91. The molecule has 234 valence electrons. The summed E-state index contributed by atoms with van der Waals surface area (Å²) < 4.78 is 12.1. The average molecular weight is 631 g/mol. The third kappa shape index (κ3) is 4.66. The normalized spacial score (nSPS) is 11.5. The Hall–Kier alpha value is -6.32. The van der Waals surface area contributed by atoms with Crippen molar-refractivity contribution in [1.82, 2.24) is 4.98 Å². The summed E-state index contributed by atoms with van der Waals surface area (Å²) in [7, 11) is 3.50. The topological polar surface area (TPSA) is 32.6 Å². The lowest BCUT2D eigenvalue weighted by molar-refractivity contribution is 0.417. The molecule has 0 aliphatic rings. The second-order valence-corrected chi connectivity index (χ2v) is 12.4. The van der Waals surface area contributed by atoms with E-state index in [4.69, 9.17) is 14.5 Å². The Morgan fingerprint density at radius 1 is 0.327 bits per heavy atom. The van der Waals surface area contributed by atoms with Gasteiger partial charge < -0.3 is 14.5 Å². The van der Waals surface area contributed by atoms with Crippen molar-refractivity contribution in [2.45, 2.75) is 0 Å². The maximum absolute atomic E-state index is 6.05. The molecule has 49 heavy (non-hydrogen) atoms. The maximum Gasteiger partial charge on any atom is 0.127 e. The summed E-state index contributed by atoms with van der Waals surface area (Å²) in [5, 5.41) is 9.27. The number of hydrogen-bond donors (Lipinski definition) is 0. The molecule has 3 heteroatoms. The maximum atomic E-state index is 6.05. The van der Waals surface area contributed by atoms with Crippen LogP contribution < -0.4 is 14.5 Å². The number of ether oxygens (including phenoxy) is 2. The van der Waals surface area contributed by atoms with E-state index >= 15 is 0 Å². The zero-order chi connectivity index (χ0) is 32.9. The fourth-order valence-corrected chi connectivity index (χ4v) is 7.53. The summed E-state index contributed by atoms with van der Waals surface area (Å²) in [6.07, 6.45) is 0. The van der Waals surface area contributed by atoms with E-state index in [1.807, 2.05) is 0 Å². The molecule has 0 N–H and O–H groups in total. The first-order valence-electron chi connectivity index (χ1n) is 16.5. The minimum Gasteiger partial charge on any atom is -0.657 e. The Balaban J connectivity index is 1.32. The van der Waals surface area contributed by atoms with E-state index in [0.717, 1.165) is 88.6 Å². The Labute approximate surface area is 285 Å². The van der Waals surface area contributed by atoms with Crippen molar-refractivity contribution < 1.29 is 9.47 Å². The van der Waals surface area contributed by atoms with Crippen LogP contribution in [-0.2, 0) is 0 Å². The molecule has 0 saturated carbocycles. The first-order chi connectivity index (χ1) is 24.2. The summed E-state index contributed by atoms with van der Waals surface area (Å²) in [5.74, 6) is 1.67. The first-order valence-corrected chi connectivity index (χ1v) is 16.5. The van der Waals surface area contributed by atoms with Crippen LogP contribution in [0.1, 0.15) is 0 Å². The van der Waals surface area contributed by atoms with Crippen LogP contribution in [0.25, 0.3) is 87.9 Å². The number of benzene rings is 8. The Morgan fingerprint density at radius 3 is 1.02 bits per heavy atom. The van der Waals surface area contributed by atoms with Gasteiger partial charge in [0.1, 0.15) is 11.5 Å². The van der Waals surface area contributed by atoms with Gasteiger partial charge in [-0.1, -0.05) is 146 Å². The molecule has 0 fully saturated rings. The molecular weight excluding hydrogens is 599 g/mol. The lowest BCUT2D eigenvalue weighted by Crippen LogP contribution is -1.96. The molecule has 8 aromatic carbocycles. The number of fused-ring (bicyclic) bond motifs is 4. The average Bonchev–Trinajstić information content (AvgIpc) is 3.66. The van der Waals surface area contributed by atoms with Crippen LogP contribution >= 0.6 is 0 Å². The highest BCUT2D eigenvalue weighted by molar-refractivity contribution is 6.14. The Bertz CT molecular complexity index is 2520. The Morgan fingerprint density at radius 2 is 0.653 bits per heavy atom. The second kappa shape index (κ2) is 11.7. The predicted octanol–water partition coefficient (Wildman–Crippen LogP) is 11.9. The summed E-state index contributed by atoms with van der Waals surface area (Å²) in [6.45, 7) is 0. The van der Waals surface area contributed by atoms with Gasteiger partial charge in [-0.2, -0.15) is 0 Å². The van der Waals surface area contributed by atoms with Crippen LogP contribution in [0.2, 0.25) is 0 Å². The summed E-state index contributed by atoms with van der Waals surface area (Å²) >= 11 is 0. The molecule has 0 spiro atoms. The summed E-state index contributed by atoms with van der Waals surface area (Å²) in [6, 6.07) is 55.7. The van der Waals surface area contributed by atoms with Crippen molar-refractivity contribution in [2.24, 2.45) is 0 Å². The second-order valence-electron chi connectivity index (χ2n) is 12.4. The molecule has 3 nitrogen and oxygen atoms in total. The lowest BCUT2D eigenvalue weighted by Gasteiger charge is -2.23. The van der Waals surface area contributed by atoms with Crippen molar-refractivity contribution in [1.29, 1.82) is 0 Å². The van der Waals surface area contributed by atoms with Crippen LogP contribution in [0.5, 0.6) is 11.5 Å². The van der Waals surface area contributed by atoms with Crippen LogP contribution in [0.4, 0.5) is 0 Å². The predicted molar refractivity (Wildman–Crippen MR) is 205 cm³/mol. The van der Waals surface area contributed by atoms with Crippen LogP contribution in [0, 0.1) is 0 Å². The SMILES string of the molecule is COc1ccc2ccccc2c1-c1c(-c2ccc(-c3ccc4ccccc4c3-c3c(OC)ccc4ccccc34)[n-]2)ccc2ccccc12. The van der Waals surface area contributed by atoms with Crippen molar-refractivity contribution in [2.75, 3.05) is 14.2 Å². The molecular formula is C46H32NO2-. The third-order valence-corrected chi connectivity index (χ3v) is 9.77. The lowest BCUT2D eigenvalue weighted by atomic mass is 9.88. The van der Waals surface area contributed by atoms with Gasteiger partial charge in [-0.05, 0) is 77.5 Å². The van der Waals surface area contributed by atoms with Crippen LogP contribution in [-0.4, -0.2) is 14.2 Å². The fraction of sp³-hybridized carbons (Fsp3) is 0.0435. The van der Waals surface area contributed by atoms with Gasteiger partial charge >= 0.3 is 0 Å². The van der Waals surface area contributed by atoms with E-state index in [1.165, 1.54) is 10.8 Å². The molecule has 0 saturated heterocycles. The van der Waals surface area contributed by atoms with E-state index in [1.54, 1.807) is 14.2 Å². The number of methoxy groups -OCH3 is 2. The van der Waals surface area contributed by atoms with E-state index in [-0.39, 0.29) is 0 Å². The zero-order valence-corrected chi connectivity index (χ0v) is 27.3. The van der Waals surface area contributed by atoms with Gasteiger partial charge in [-0.25, -0.2) is 0 Å². The molecule has 0 bridgehead atoms.